The number of carboxylic acids is 1. The minimum absolute atomic E-state index is 0.0821. The number of carbonyl (C=O) groups is 1. The molecule has 0 saturated heterocycles. The van der Waals surface area contributed by atoms with Gasteiger partial charge in [0.25, 0.3) is 0 Å². The van der Waals surface area contributed by atoms with Gasteiger partial charge in [-0.1, -0.05) is 54.6 Å². The van der Waals surface area contributed by atoms with E-state index in [0.717, 1.165) is 11.1 Å². The van der Waals surface area contributed by atoms with Crippen molar-refractivity contribution in [2.75, 3.05) is 0 Å². The van der Waals surface area contributed by atoms with Gasteiger partial charge < -0.3 is 22.3 Å². The Morgan fingerprint density at radius 1 is 1.21 bits per heavy atom. The van der Waals surface area contributed by atoms with Crippen LogP contribution in [-0.2, 0) is 10.3 Å². The van der Waals surface area contributed by atoms with E-state index in [0.29, 0.717) is 0 Å². The summed E-state index contributed by atoms with van der Waals surface area (Å²) in [5, 5.41) is 16.4. The van der Waals surface area contributed by atoms with E-state index < -0.39 is 17.4 Å². The minimum atomic E-state index is -1.01. The van der Waals surface area contributed by atoms with Crippen LogP contribution in [0.15, 0.2) is 59.6 Å². The Balaban J connectivity index is 2.58. The van der Waals surface area contributed by atoms with Gasteiger partial charge >= 0.3 is 5.97 Å². The van der Waals surface area contributed by atoms with Crippen LogP contribution in [0.25, 0.3) is 6.08 Å². The van der Waals surface area contributed by atoms with Crippen LogP contribution >= 0.6 is 0 Å². The monoisotopic (exact) mass is 325 g/mol. The topological polar surface area (TPSA) is 152 Å². The molecule has 7 heteroatoms. The fraction of sp³-hybridized carbons (Fsp3) is 0.118. The van der Waals surface area contributed by atoms with Crippen LogP contribution < -0.4 is 17.2 Å². The standard InChI is InChI=1S/C17H19N5O2/c18-14(19)6-5-11-3-1-2-4-13(11)17(22-16(20)21)9-7-12(8-10-17)15(23)24/h1-10,12H,(H3,18,19)(H,23,24)(H4,20,21,22)/b6-5+. The molecular weight excluding hydrogens is 306 g/mol. The van der Waals surface area contributed by atoms with Crippen molar-refractivity contribution in [1.82, 2.24) is 0 Å². The highest BCUT2D eigenvalue weighted by atomic mass is 16.4. The lowest BCUT2D eigenvalue weighted by molar-refractivity contribution is -0.138. The van der Waals surface area contributed by atoms with Crippen LogP contribution in [0.2, 0.25) is 0 Å². The van der Waals surface area contributed by atoms with Crippen LogP contribution in [0.4, 0.5) is 0 Å². The number of nitrogens with zero attached hydrogens (tertiary/aromatic N) is 1. The van der Waals surface area contributed by atoms with Crippen molar-refractivity contribution < 1.29 is 9.90 Å². The minimum Gasteiger partial charge on any atom is -0.481 e. The highest BCUT2D eigenvalue weighted by molar-refractivity contribution is 5.93. The average Bonchev–Trinajstić information content (AvgIpc) is 2.53. The van der Waals surface area contributed by atoms with Crippen molar-refractivity contribution in [2.45, 2.75) is 5.54 Å². The molecule has 1 aromatic rings. The second-order valence-corrected chi connectivity index (χ2v) is 5.32. The first-order valence-corrected chi connectivity index (χ1v) is 7.18. The van der Waals surface area contributed by atoms with Gasteiger partial charge in [0.15, 0.2) is 5.96 Å². The number of aliphatic carboxylic acids is 1. The van der Waals surface area contributed by atoms with Gasteiger partial charge in [0.2, 0.25) is 0 Å². The first kappa shape index (κ1) is 17.0. The third-order valence-corrected chi connectivity index (χ3v) is 3.55. The maximum absolute atomic E-state index is 11.1. The summed E-state index contributed by atoms with van der Waals surface area (Å²) in [5.41, 5.74) is 17.0. The summed E-state index contributed by atoms with van der Waals surface area (Å²) in [4.78, 5) is 15.4. The van der Waals surface area contributed by atoms with E-state index in [9.17, 15) is 4.79 Å². The molecule has 7 nitrogen and oxygen atoms in total. The smallest absolute Gasteiger partial charge is 0.314 e. The molecular formula is C17H19N5O2. The summed E-state index contributed by atoms with van der Waals surface area (Å²) in [6.45, 7) is 0. The summed E-state index contributed by atoms with van der Waals surface area (Å²) in [7, 11) is 0. The number of rotatable bonds is 5. The highest BCUT2D eigenvalue weighted by Gasteiger charge is 2.32. The molecule has 0 fully saturated rings. The Morgan fingerprint density at radius 3 is 2.38 bits per heavy atom. The van der Waals surface area contributed by atoms with Crippen LogP contribution in [0, 0.1) is 11.3 Å². The Morgan fingerprint density at radius 2 is 1.83 bits per heavy atom. The fourth-order valence-electron chi connectivity index (χ4n) is 2.50. The van der Waals surface area contributed by atoms with E-state index in [1.807, 2.05) is 24.3 Å². The van der Waals surface area contributed by atoms with Crippen molar-refractivity contribution in [3.05, 3.63) is 65.8 Å². The molecule has 0 saturated carbocycles. The Hall–Kier alpha value is -3.35. The Bertz CT molecular complexity index is 759. The molecule has 0 radical (unpaired) electrons. The number of hydrogen-bond acceptors (Lipinski definition) is 3. The third-order valence-electron chi connectivity index (χ3n) is 3.55. The number of nitrogens with two attached hydrogens (primary N) is 3. The summed E-state index contributed by atoms with van der Waals surface area (Å²) < 4.78 is 0. The number of benzene rings is 1. The van der Waals surface area contributed by atoms with Gasteiger partial charge in [0.05, 0.1) is 5.92 Å². The van der Waals surface area contributed by atoms with Gasteiger partial charge in [-0.15, -0.1) is 0 Å². The number of aliphatic imine (C=N–C) groups is 1. The molecule has 2 rings (SSSR count). The molecule has 0 spiro atoms. The second kappa shape index (κ2) is 6.82. The molecule has 124 valence electrons. The summed E-state index contributed by atoms with van der Waals surface area (Å²) in [6, 6.07) is 7.34. The van der Waals surface area contributed by atoms with Gasteiger partial charge in [0.1, 0.15) is 11.4 Å². The van der Waals surface area contributed by atoms with Crippen molar-refractivity contribution >= 4 is 23.8 Å². The van der Waals surface area contributed by atoms with Crippen molar-refractivity contribution in [1.29, 1.82) is 5.41 Å². The van der Waals surface area contributed by atoms with Crippen molar-refractivity contribution in [3.63, 3.8) is 0 Å². The molecule has 1 aliphatic rings. The first-order chi connectivity index (χ1) is 11.3. The molecule has 0 atom stereocenters. The van der Waals surface area contributed by atoms with Gasteiger partial charge in [0, 0.05) is 0 Å². The zero-order valence-corrected chi connectivity index (χ0v) is 12.9. The van der Waals surface area contributed by atoms with Gasteiger partial charge in [-0.3, -0.25) is 10.2 Å². The molecule has 0 amide bonds. The van der Waals surface area contributed by atoms with E-state index in [4.69, 9.17) is 27.7 Å². The Labute approximate surface area is 139 Å². The van der Waals surface area contributed by atoms with E-state index in [-0.39, 0.29) is 11.8 Å². The van der Waals surface area contributed by atoms with Gasteiger partial charge in [-0.25, -0.2) is 4.99 Å². The number of amidine groups is 1. The normalized spacial score (nSPS) is 22.4. The lowest BCUT2D eigenvalue weighted by Gasteiger charge is -2.28. The lowest BCUT2D eigenvalue weighted by atomic mass is 9.81. The third kappa shape index (κ3) is 3.70. The molecule has 24 heavy (non-hydrogen) atoms. The fourth-order valence-corrected chi connectivity index (χ4v) is 2.50. The predicted molar refractivity (Wildman–Crippen MR) is 94.3 cm³/mol. The SMILES string of the molecule is N=C(N)/C=C/c1ccccc1C1(N=C(N)N)C=CC(C(=O)O)C=C1. The molecule has 1 aliphatic carbocycles. The summed E-state index contributed by atoms with van der Waals surface area (Å²) in [5.74, 6) is -1.89. The van der Waals surface area contributed by atoms with Crippen molar-refractivity contribution in [2.24, 2.45) is 28.1 Å². The zero-order chi connectivity index (χ0) is 17.7. The summed E-state index contributed by atoms with van der Waals surface area (Å²) in [6.07, 6.45) is 9.54. The van der Waals surface area contributed by atoms with Crippen LogP contribution in [0.1, 0.15) is 11.1 Å². The average molecular weight is 325 g/mol. The number of nitrogens with one attached hydrogen (secondary N) is 1. The highest BCUT2D eigenvalue weighted by Crippen LogP contribution is 2.36. The largest absolute Gasteiger partial charge is 0.481 e. The molecule has 0 unspecified atom stereocenters. The van der Waals surface area contributed by atoms with Crippen LogP contribution in [0.3, 0.4) is 0 Å². The van der Waals surface area contributed by atoms with Gasteiger partial charge in [-0.2, -0.15) is 0 Å². The van der Waals surface area contributed by atoms with Crippen LogP contribution in [0.5, 0.6) is 0 Å². The molecule has 8 N–H and O–H groups in total. The van der Waals surface area contributed by atoms with E-state index in [1.165, 1.54) is 6.08 Å². The number of guanidine groups is 1. The first-order valence-electron chi connectivity index (χ1n) is 7.18. The predicted octanol–water partition coefficient (Wildman–Crippen LogP) is 0.931. The molecule has 1 aromatic carbocycles. The summed E-state index contributed by atoms with van der Waals surface area (Å²) >= 11 is 0. The maximum Gasteiger partial charge on any atom is 0.314 e. The van der Waals surface area contributed by atoms with E-state index in [2.05, 4.69) is 4.99 Å². The zero-order valence-electron chi connectivity index (χ0n) is 12.9. The van der Waals surface area contributed by atoms with E-state index >= 15 is 0 Å². The van der Waals surface area contributed by atoms with E-state index in [1.54, 1.807) is 30.4 Å². The molecule has 0 heterocycles. The number of hydrogen-bond donors (Lipinski definition) is 5. The second-order valence-electron chi connectivity index (χ2n) is 5.32. The maximum atomic E-state index is 11.1. The quantitative estimate of drug-likeness (QED) is 0.310. The number of carboxylic acid groups (broad SMARTS) is 1. The van der Waals surface area contributed by atoms with Gasteiger partial charge in [-0.05, 0) is 17.2 Å². The van der Waals surface area contributed by atoms with Crippen LogP contribution in [-0.4, -0.2) is 22.9 Å². The molecule has 0 aromatic heterocycles. The lowest BCUT2D eigenvalue weighted by Crippen LogP contribution is -2.32. The molecule has 0 aliphatic heterocycles. The Kier molecular flexibility index (Phi) is 4.84. The van der Waals surface area contributed by atoms with Crippen molar-refractivity contribution in [3.8, 4) is 0 Å². The molecule has 0 bridgehead atoms.